The van der Waals surface area contributed by atoms with Gasteiger partial charge in [0.15, 0.2) is 0 Å². The molecule has 106 valence electrons. The van der Waals surface area contributed by atoms with Crippen LogP contribution in [0.5, 0.6) is 0 Å². The third kappa shape index (κ3) is 1.95. The van der Waals surface area contributed by atoms with E-state index in [1.807, 2.05) is 13.8 Å². The molecule has 0 radical (unpaired) electrons. The molecule has 0 N–H and O–H groups in total. The molecule has 0 aromatic rings. The topological polar surface area (TPSA) is 52.6 Å². The second-order valence-corrected chi connectivity index (χ2v) is 6.82. The lowest BCUT2D eigenvalue weighted by Gasteiger charge is -2.33. The number of carbonyl (C=O) groups is 2. The van der Waals surface area contributed by atoms with Crippen LogP contribution >= 0.6 is 11.6 Å². The monoisotopic (exact) mass is 286 g/mol. The summed E-state index contributed by atoms with van der Waals surface area (Å²) in [5.41, 5.74) is -0.334. The number of halogens is 1. The molecule has 2 bridgehead atoms. The number of hydrogen-bond donors (Lipinski definition) is 0. The smallest absolute Gasteiger partial charge is 0.320 e. The van der Waals surface area contributed by atoms with Gasteiger partial charge in [0.2, 0.25) is 0 Å². The fourth-order valence-electron chi connectivity index (χ4n) is 4.64. The minimum atomic E-state index is -0.379. The lowest BCUT2D eigenvalue weighted by molar-refractivity contribution is -0.150. The highest BCUT2D eigenvalue weighted by Gasteiger charge is 2.65. The fourth-order valence-corrected chi connectivity index (χ4v) is 4.72. The number of ether oxygens (including phenoxy) is 2. The Morgan fingerprint density at radius 3 is 2.89 bits per heavy atom. The zero-order valence-corrected chi connectivity index (χ0v) is 12.0. The minimum Gasteiger partial charge on any atom is -0.464 e. The lowest BCUT2D eigenvalue weighted by atomic mass is 9.70. The van der Waals surface area contributed by atoms with Gasteiger partial charge in [-0.2, -0.15) is 0 Å². The van der Waals surface area contributed by atoms with E-state index < -0.39 is 0 Å². The summed E-state index contributed by atoms with van der Waals surface area (Å²) in [6, 6.07) is 0. The van der Waals surface area contributed by atoms with Gasteiger partial charge >= 0.3 is 11.9 Å². The van der Waals surface area contributed by atoms with E-state index >= 15 is 0 Å². The zero-order chi connectivity index (χ0) is 13.8. The highest BCUT2D eigenvalue weighted by molar-refractivity contribution is 6.26. The molecule has 1 saturated heterocycles. The van der Waals surface area contributed by atoms with Gasteiger partial charge in [-0.1, -0.05) is 0 Å². The molecule has 2 aliphatic carbocycles. The maximum atomic E-state index is 12.1. The summed E-state index contributed by atoms with van der Waals surface area (Å²) in [6.45, 7) is 4.42. The van der Waals surface area contributed by atoms with Crippen LogP contribution < -0.4 is 0 Å². The van der Waals surface area contributed by atoms with Crippen molar-refractivity contribution in [3.63, 3.8) is 0 Å². The molecule has 2 saturated carbocycles. The van der Waals surface area contributed by atoms with Crippen LogP contribution in [-0.2, 0) is 19.1 Å². The zero-order valence-electron chi connectivity index (χ0n) is 11.2. The molecule has 1 aliphatic heterocycles. The molecule has 0 aromatic heterocycles. The molecule has 1 heterocycles. The number of fused-ring (bicyclic) bond motifs is 5. The molecule has 5 atom stereocenters. The Hall–Kier alpha value is -0.770. The summed E-state index contributed by atoms with van der Waals surface area (Å²) >= 11 is 5.42. The summed E-state index contributed by atoms with van der Waals surface area (Å²) < 4.78 is 10.7. The SMILES string of the molecule is CC1(C)OC(=O)C2C3CC(C[C@H]3COC(=O)CCl)C21. The van der Waals surface area contributed by atoms with Crippen molar-refractivity contribution < 1.29 is 19.1 Å². The first kappa shape index (κ1) is 13.2. The van der Waals surface area contributed by atoms with E-state index in [-0.39, 0.29) is 29.3 Å². The van der Waals surface area contributed by atoms with E-state index in [2.05, 4.69) is 0 Å². The van der Waals surface area contributed by atoms with Gasteiger partial charge in [-0.3, -0.25) is 9.59 Å². The van der Waals surface area contributed by atoms with Gasteiger partial charge in [0.1, 0.15) is 11.5 Å². The van der Waals surface area contributed by atoms with Crippen molar-refractivity contribution in [1.29, 1.82) is 0 Å². The van der Waals surface area contributed by atoms with Crippen molar-refractivity contribution in [2.75, 3.05) is 12.5 Å². The first-order chi connectivity index (χ1) is 8.94. The van der Waals surface area contributed by atoms with Crippen molar-refractivity contribution >= 4 is 23.5 Å². The standard InChI is InChI=1S/C14H19ClO4/c1-14(2)12-7-3-8(6-18-10(16)5-15)9(4-7)11(12)13(17)19-14/h7-9,11-12H,3-6H2,1-2H3/t7?,8-,9?,11?,12?/m0/s1. The van der Waals surface area contributed by atoms with Crippen molar-refractivity contribution in [3.8, 4) is 0 Å². The summed E-state index contributed by atoms with van der Waals surface area (Å²) in [6.07, 6.45) is 2.10. The van der Waals surface area contributed by atoms with Gasteiger partial charge in [0.25, 0.3) is 0 Å². The second-order valence-electron chi connectivity index (χ2n) is 6.55. The van der Waals surface area contributed by atoms with Crippen LogP contribution in [0, 0.1) is 29.6 Å². The van der Waals surface area contributed by atoms with Crippen molar-refractivity contribution in [2.24, 2.45) is 29.6 Å². The Bertz CT molecular complexity index is 420. The van der Waals surface area contributed by atoms with Crippen LogP contribution in [0.4, 0.5) is 0 Å². The quantitative estimate of drug-likeness (QED) is 0.588. The second kappa shape index (κ2) is 4.37. The molecule has 19 heavy (non-hydrogen) atoms. The third-order valence-corrected chi connectivity index (χ3v) is 5.37. The van der Waals surface area contributed by atoms with Crippen LogP contribution in [-0.4, -0.2) is 30.0 Å². The van der Waals surface area contributed by atoms with Crippen molar-refractivity contribution in [1.82, 2.24) is 0 Å². The molecule has 4 unspecified atom stereocenters. The van der Waals surface area contributed by atoms with Gasteiger partial charge in [-0.25, -0.2) is 0 Å². The van der Waals surface area contributed by atoms with Crippen LogP contribution in [0.1, 0.15) is 26.7 Å². The van der Waals surface area contributed by atoms with E-state index in [1.165, 1.54) is 0 Å². The Morgan fingerprint density at radius 1 is 1.47 bits per heavy atom. The normalized spacial score (nSPS) is 42.1. The lowest BCUT2D eigenvalue weighted by Crippen LogP contribution is -2.37. The van der Waals surface area contributed by atoms with Crippen LogP contribution in [0.2, 0.25) is 0 Å². The average molecular weight is 287 g/mol. The number of alkyl halides is 1. The molecule has 0 amide bonds. The van der Waals surface area contributed by atoms with Gasteiger partial charge in [-0.15, -0.1) is 11.6 Å². The molecule has 4 nitrogen and oxygen atoms in total. The van der Waals surface area contributed by atoms with Crippen LogP contribution in [0.25, 0.3) is 0 Å². The molecule has 0 aromatic carbocycles. The largest absolute Gasteiger partial charge is 0.464 e. The van der Waals surface area contributed by atoms with Crippen LogP contribution in [0.3, 0.4) is 0 Å². The molecule has 3 aliphatic rings. The molecule has 3 fully saturated rings. The predicted octanol–water partition coefficient (Wildman–Crippen LogP) is 1.99. The van der Waals surface area contributed by atoms with Gasteiger partial charge < -0.3 is 9.47 Å². The number of cyclic esters (lactones) is 1. The Kier molecular flexibility index (Phi) is 3.04. The van der Waals surface area contributed by atoms with E-state index in [4.69, 9.17) is 21.1 Å². The Labute approximate surface area is 117 Å². The molecular weight excluding hydrogens is 268 g/mol. The molecule has 0 spiro atoms. The number of esters is 2. The Balaban J connectivity index is 1.70. The summed E-state index contributed by atoms with van der Waals surface area (Å²) in [5.74, 6) is 0.926. The van der Waals surface area contributed by atoms with E-state index in [1.54, 1.807) is 0 Å². The number of carbonyl (C=O) groups excluding carboxylic acids is 2. The van der Waals surface area contributed by atoms with Gasteiger partial charge in [-0.05, 0) is 44.4 Å². The van der Waals surface area contributed by atoms with Crippen LogP contribution in [0.15, 0.2) is 0 Å². The number of hydrogen-bond acceptors (Lipinski definition) is 4. The third-order valence-electron chi connectivity index (χ3n) is 5.15. The van der Waals surface area contributed by atoms with E-state index in [0.29, 0.717) is 30.3 Å². The minimum absolute atomic E-state index is 0.00783. The summed E-state index contributed by atoms with van der Waals surface area (Å²) in [7, 11) is 0. The first-order valence-corrected chi connectivity index (χ1v) is 7.42. The van der Waals surface area contributed by atoms with Crippen molar-refractivity contribution in [2.45, 2.75) is 32.3 Å². The number of rotatable bonds is 3. The summed E-state index contributed by atoms with van der Waals surface area (Å²) in [5, 5.41) is 0. The van der Waals surface area contributed by atoms with E-state index in [9.17, 15) is 9.59 Å². The molecule has 3 rings (SSSR count). The van der Waals surface area contributed by atoms with Gasteiger partial charge in [0, 0.05) is 5.92 Å². The molecule has 5 heteroatoms. The fraction of sp³-hybridized carbons (Fsp3) is 0.857. The first-order valence-electron chi connectivity index (χ1n) is 6.88. The molecular formula is C14H19ClO4. The highest BCUT2D eigenvalue weighted by atomic mass is 35.5. The Morgan fingerprint density at radius 2 is 2.21 bits per heavy atom. The average Bonchev–Trinajstić information content (AvgIpc) is 2.97. The van der Waals surface area contributed by atoms with Gasteiger partial charge in [0.05, 0.1) is 12.5 Å². The maximum Gasteiger partial charge on any atom is 0.320 e. The van der Waals surface area contributed by atoms with E-state index in [0.717, 1.165) is 12.8 Å². The summed E-state index contributed by atoms with van der Waals surface area (Å²) in [4.78, 5) is 23.2. The maximum absolute atomic E-state index is 12.1. The van der Waals surface area contributed by atoms with Crippen molar-refractivity contribution in [3.05, 3.63) is 0 Å². The predicted molar refractivity (Wildman–Crippen MR) is 68.5 cm³/mol. The highest BCUT2D eigenvalue weighted by Crippen LogP contribution is 2.62.